The Morgan fingerprint density at radius 1 is 1.24 bits per heavy atom. The standard InChI is InChI=1S/C14H18ClNS/c15-12-5-10(6-12)7-16-8-11-9-17-14-4-2-1-3-13(11)14/h1-4,10-12,16H,5-9H2. The molecule has 1 saturated carbocycles. The first-order chi connectivity index (χ1) is 8.33. The van der Waals surface area contributed by atoms with Crippen molar-refractivity contribution >= 4 is 23.4 Å². The van der Waals surface area contributed by atoms with Crippen LogP contribution in [0.25, 0.3) is 0 Å². The Bertz CT molecular complexity index is 390. The summed E-state index contributed by atoms with van der Waals surface area (Å²) < 4.78 is 0. The van der Waals surface area contributed by atoms with Crippen molar-refractivity contribution in [1.82, 2.24) is 5.32 Å². The predicted octanol–water partition coefficient (Wildman–Crippen LogP) is 3.48. The van der Waals surface area contributed by atoms with Crippen LogP contribution in [0.2, 0.25) is 0 Å². The minimum Gasteiger partial charge on any atom is -0.316 e. The fourth-order valence-electron chi connectivity index (χ4n) is 2.68. The summed E-state index contributed by atoms with van der Waals surface area (Å²) in [4.78, 5) is 1.48. The van der Waals surface area contributed by atoms with Gasteiger partial charge in [0.25, 0.3) is 0 Å². The number of hydrogen-bond donors (Lipinski definition) is 1. The van der Waals surface area contributed by atoms with Crippen molar-refractivity contribution in [2.75, 3.05) is 18.8 Å². The van der Waals surface area contributed by atoms with E-state index in [2.05, 4.69) is 29.6 Å². The summed E-state index contributed by atoms with van der Waals surface area (Å²) in [5, 5.41) is 4.07. The summed E-state index contributed by atoms with van der Waals surface area (Å²) in [6.07, 6.45) is 2.40. The minimum atomic E-state index is 0.449. The molecule has 1 aromatic carbocycles. The maximum atomic E-state index is 5.99. The zero-order chi connectivity index (χ0) is 11.7. The molecule has 17 heavy (non-hydrogen) atoms. The molecule has 3 rings (SSSR count). The molecule has 1 fully saturated rings. The molecule has 1 N–H and O–H groups in total. The molecule has 0 amide bonds. The smallest absolute Gasteiger partial charge is 0.0342 e. The van der Waals surface area contributed by atoms with Crippen LogP contribution in [0.15, 0.2) is 29.2 Å². The van der Waals surface area contributed by atoms with Gasteiger partial charge in [-0.05, 0) is 36.9 Å². The molecule has 0 radical (unpaired) electrons. The Morgan fingerprint density at radius 3 is 2.88 bits per heavy atom. The number of nitrogens with one attached hydrogen (secondary N) is 1. The molecule has 0 spiro atoms. The zero-order valence-corrected chi connectivity index (χ0v) is 11.4. The SMILES string of the molecule is ClC1CC(CNCC2CSc3ccccc32)C1. The van der Waals surface area contributed by atoms with Gasteiger partial charge in [-0.3, -0.25) is 0 Å². The van der Waals surface area contributed by atoms with Crippen molar-refractivity contribution in [2.24, 2.45) is 5.92 Å². The quantitative estimate of drug-likeness (QED) is 0.839. The highest BCUT2D eigenvalue weighted by Gasteiger charge is 2.27. The molecule has 1 nitrogen and oxygen atoms in total. The van der Waals surface area contributed by atoms with Gasteiger partial charge < -0.3 is 5.32 Å². The number of thioether (sulfide) groups is 1. The van der Waals surface area contributed by atoms with Gasteiger partial charge in [-0.1, -0.05) is 18.2 Å². The van der Waals surface area contributed by atoms with Gasteiger partial charge in [0.1, 0.15) is 0 Å². The van der Waals surface area contributed by atoms with Crippen LogP contribution in [0.1, 0.15) is 24.3 Å². The second-order valence-electron chi connectivity index (χ2n) is 5.14. The molecule has 2 aliphatic rings. The van der Waals surface area contributed by atoms with E-state index in [0.29, 0.717) is 11.3 Å². The highest BCUT2D eigenvalue weighted by atomic mass is 35.5. The van der Waals surface area contributed by atoms with Crippen LogP contribution in [-0.4, -0.2) is 24.2 Å². The first-order valence-electron chi connectivity index (χ1n) is 6.39. The molecule has 1 heterocycles. The molecule has 92 valence electrons. The summed E-state index contributed by atoms with van der Waals surface area (Å²) in [6.45, 7) is 2.26. The van der Waals surface area contributed by atoms with Crippen LogP contribution in [0.3, 0.4) is 0 Å². The van der Waals surface area contributed by atoms with E-state index in [1.54, 1.807) is 0 Å². The number of hydrogen-bond acceptors (Lipinski definition) is 2. The van der Waals surface area contributed by atoms with Crippen LogP contribution in [-0.2, 0) is 0 Å². The van der Waals surface area contributed by atoms with Gasteiger partial charge in [-0.25, -0.2) is 0 Å². The fraction of sp³-hybridized carbons (Fsp3) is 0.571. The lowest BCUT2D eigenvalue weighted by Crippen LogP contribution is -2.35. The van der Waals surface area contributed by atoms with Gasteiger partial charge in [-0.2, -0.15) is 0 Å². The Kier molecular flexibility index (Phi) is 3.64. The van der Waals surface area contributed by atoms with Crippen molar-refractivity contribution in [3.8, 4) is 0 Å². The van der Waals surface area contributed by atoms with Crippen molar-refractivity contribution < 1.29 is 0 Å². The molecule has 1 atom stereocenters. The summed E-state index contributed by atoms with van der Waals surface area (Å²) in [7, 11) is 0. The normalized spacial score (nSPS) is 31.0. The Balaban J connectivity index is 1.47. The average Bonchev–Trinajstić information content (AvgIpc) is 2.70. The minimum absolute atomic E-state index is 0.449. The van der Waals surface area contributed by atoms with E-state index in [9.17, 15) is 0 Å². The molecular weight excluding hydrogens is 250 g/mol. The van der Waals surface area contributed by atoms with Crippen LogP contribution in [0, 0.1) is 5.92 Å². The van der Waals surface area contributed by atoms with E-state index in [1.807, 2.05) is 11.8 Å². The number of alkyl halides is 1. The van der Waals surface area contributed by atoms with Crippen molar-refractivity contribution in [2.45, 2.75) is 29.0 Å². The second-order valence-corrected chi connectivity index (χ2v) is 6.82. The monoisotopic (exact) mass is 267 g/mol. The lowest BCUT2D eigenvalue weighted by atomic mass is 9.85. The second kappa shape index (κ2) is 5.21. The van der Waals surface area contributed by atoms with E-state index in [1.165, 1.54) is 29.1 Å². The van der Waals surface area contributed by atoms with E-state index < -0.39 is 0 Å². The highest BCUT2D eigenvalue weighted by molar-refractivity contribution is 7.99. The lowest BCUT2D eigenvalue weighted by molar-refractivity contribution is 0.307. The number of halogens is 1. The first-order valence-corrected chi connectivity index (χ1v) is 7.81. The van der Waals surface area contributed by atoms with Gasteiger partial charge in [0.2, 0.25) is 0 Å². The number of benzene rings is 1. The van der Waals surface area contributed by atoms with Crippen LogP contribution < -0.4 is 5.32 Å². The predicted molar refractivity (Wildman–Crippen MR) is 75.1 cm³/mol. The highest BCUT2D eigenvalue weighted by Crippen LogP contribution is 2.39. The maximum Gasteiger partial charge on any atom is 0.0342 e. The van der Waals surface area contributed by atoms with E-state index >= 15 is 0 Å². The largest absolute Gasteiger partial charge is 0.316 e. The van der Waals surface area contributed by atoms with Gasteiger partial charge in [0.05, 0.1) is 0 Å². The molecule has 1 aromatic rings. The van der Waals surface area contributed by atoms with Crippen molar-refractivity contribution in [1.29, 1.82) is 0 Å². The van der Waals surface area contributed by atoms with Crippen LogP contribution >= 0.6 is 23.4 Å². The van der Waals surface area contributed by atoms with Crippen molar-refractivity contribution in [3.63, 3.8) is 0 Å². The number of fused-ring (bicyclic) bond motifs is 1. The van der Waals surface area contributed by atoms with Gasteiger partial charge in [-0.15, -0.1) is 23.4 Å². The summed E-state index contributed by atoms with van der Waals surface area (Å²) in [5.41, 5.74) is 1.54. The number of rotatable bonds is 4. The maximum absolute atomic E-state index is 5.99. The Morgan fingerprint density at radius 2 is 2.06 bits per heavy atom. The third-order valence-corrected chi connectivity index (χ3v) is 5.41. The molecule has 3 heteroatoms. The molecule has 1 aliphatic heterocycles. The van der Waals surface area contributed by atoms with Gasteiger partial charge in [0.15, 0.2) is 0 Å². The Hall–Kier alpha value is -0.180. The Labute approximate surface area is 112 Å². The third kappa shape index (κ3) is 2.64. The van der Waals surface area contributed by atoms with E-state index in [0.717, 1.165) is 19.0 Å². The summed E-state index contributed by atoms with van der Waals surface area (Å²) in [5.74, 6) is 2.75. The fourth-order valence-corrected chi connectivity index (χ4v) is 4.44. The molecule has 0 aromatic heterocycles. The first kappa shape index (κ1) is 11.9. The van der Waals surface area contributed by atoms with Crippen LogP contribution in [0.5, 0.6) is 0 Å². The van der Waals surface area contributed by atoms with E-state index in [-0.39, 0.29) is 0 Å². The molecule has 1 unspecified atom stereocenters. The molecule has 1 aliphatic carbocycles. The lowest BCUT2D eigenvalue weighted by Gasteiger charge is -2.31. The third-order valence-electron chi connectivity index (χ3n) is 3.80. The molecule has 0 saturated heterocycles. The molecule has 0 bridgehead atoms. The van der Waals surface area contributed by atoms with Gasteiger partial charge in [0, 0.05) is 28.5 Å². The molecular formula is C14H18ClNS. The van der Waals surface area contributed by atoms with Crippen LogP contribution in [0.4, 0.5) is 0 Å². The summed E-state index contributed by atoms with van der Waals surface area (Å²) in [6, 6.07) is 8.81. The van der Waals surface area contributed by atoms with E-state index in [4.69, 9.17) is 11.6 Å². The average molecular weight is 268 g/mol. The van der Waals surface area contributed by atoms with Gasteiger partial charge >= 0.3 is 0 Å². The zero-order valence-electron chi connectivity index (χ0n) is 9.86. The topological polar surface area (TPSA) is 12.0 Å². The summed E-state index contributed by atoms with van der Waals surface area (Å²) >= 11 is 7.98. The van der Waals surface area contributed by atoms with Crippen molar-refractivity contribution in [3.05, 3.63) is 29.8 Å².